The topological polar surface area (TPSA) is 53.0 Å². The van der Waals surface area contributed by atoms with Crippen molar-refractivity contribution in [2.24, 2.45) is 5.92 Å². The van der Waals surface area contributed by atoms with E-state index >= 15 is 0 Å². The van der Waals surface area contributed by atoms with Gasteiger partial charge in [0, 0.05) is 38.3 Å². The Hall–Kier alpha value is -1.43. The van der Waals surface area contributed by atoms with Crippen LogP contribution in [0.25, 0.3) is 0 Å². The minimum Gasteiger partial charge on any atom is -0.392 e. The van der Waals surface area contributed by atoms with Crippen molar-refractivity contribution < 1.29 is 14.6 Å². The van der Waals surface area contributed by atoms with Gasteiger partial charge in [0.05, 0.1) is 18.8 Å². The van der Waals surface area contributed by atoms with E-state index in [1.54, 1.807) is 0 Å². The summed E-state index contributed by atoms with van der Waals surface area (Å²) in [7, 11) is 0. The molecule has 1 aromatic rings. The number of morpholine rings is 1. The van der Waals surface area contributed by atoms with Crippen LogP contribution in [0.2, 0.25) is 0 Å². The monoisotopic (exact) mass is 362 g/mol. The number of aliphatic hydroxyl groups is 1. The van der Waals surface area contributed by atoms with Crippen molar-refractivity contribution in [1.82, 2.24) is 9.80 Å². The number of benzene rings is 1. The molecular weight excluding hydrogens is 328 g/mol. The molecule has 2 rings (SSSR count). The summed E-state index contributed by atoms with van der Waals surface area (Å²) >= 11 is 0. The van der Waals surface area contributed by atoms with Gasteiger partial charge in [0.15, 0.2) is 0 Å². The first kappa shape index (κ1) is 20.9. The first-order valence-corrected chi connectivity index (χ1v) is 9.77. The van der Waals surface area contributed by atoms with Crippen molar-refractivity contribution in [2.45, 2.75) is 46.3 Å². The first-order chi connectivity index (χ1) is 12.4. The molecule has 0 saturated carbocycles. The normalized spacial score (nSPS) is 19.5. The lowest BCUT2D eigenvalue weighted by Crippen LogP contribution is -2.50. The summed E-state index contributed by atoms with van der Waals surface area (Å²) in [5.74, 6) is 0.457. The molecule has 0 bridgehead atoms. The molecule has 5 heteroatoms. The highest BCUT2D eigenvalue weighted by Gasteiger charge is 2.26. The predicted octanol–water partition coefficient (Wildman–Crippen LogP) is 2.56. The number of carbonyl (C=O) groups excluding carboxylic acids is 1. The molecule has 0 aliphatic carbocycles. The van der Waals surface area contributed by atoms with Crippen LogP contribution in [0.1, 0.15) is 43.1 Å². The summed E-state index contributed by atoms with van der Waals surface area (Å²) in [6.07, 6.45) is 0.448. The second kappa shape index (κ2) is 10.0. The quantitative estimate of drug-likeness (QED) is 0.772. The summed E-state index contributed by atoms with van der Waals surface area (Å²) in [6, 6.07) is 7.75. The molecule has 5 nitrogen and oxygen atoms in total. The molecular formula is C21H34N2O3. The molecule has 0 unspecified atom stereocenters. The van der Waals surface area contributed by atoms with E-state index in [4.69, 9.17) is 4.74 Å². The first-order valence-electron chi connectivity index (χ1n) is 9.77. The third-order valence-electron chi connectivity index (χ3n) is 4.76. The van der Waals surface area contributed by atoms with Gasteiger partial charge in [-0.3, -0.25) is 9.69 Å². The Morgan fingerprint density at radius 2 is 2.04 bits per heavy atom. The average Bonchev–Trinajstić information content (AvgIpc) is 2.61. The van der Waals surface area contributed by atoms with Crippen LogP contribution >= 0.6 is 0 Å². The Bertz CT molecular complexity index is 559. The molecule has 1 amide bonds. The van der Waals surface area contributed by atoms with Gasteiger partial charge in [-0.2, -0.15) is 0 Å². The lowest BCUT2D eigenvalue weighted by Gasteiger charge is -2.37. The zero-order valence-electron chi connectivity index (χ0n) is 16.6. The zero-order valence-corrected chi connectivity index (χ0v) is 16.6. The Balaban J connectivity index is 2.02. The highest BCUT2D eigenvalue weighted by molar-refractivity contribution is 5.94. The Morgan fingerprint density at radius 3 is 2.65 bits per heavy atom. The van der Waals surface area contributed by atoms with Crippen molar-refractivity contribution in [2.75, 3.05) is 39.3 Å². The molecule has 1 N–H and O–H groups in total. The van der Waals surface area contributed by atoms with Crippen LogP contribution in [0.15, 0.2) is 24.3 Å². The number of hydrogen-bond donors (Lipinski definition) is 1. The van der Waals surface area contributed by atoms with E-state index in [-0.39, 0.29) is 18.1 Å². The molecule has 0 aromatic heterocycles. The summed E-state index contributed by atoms with van der Waals surface area (Å²) in [5, 5.41) is 9.91. The van der Waals surface area contributed by atoms with E-state index in [2.05, 4.69) is 18.7 Å². The van der Waals surface area contributed by atoms with Gasteiger partial charge in [0.25, 0.3) is 5.91 Å². The van der Waals surface area contributed by atoms with Crippen LogP contribution in [0.4, 0.5) is 0 Å². The van der Waals surface area contributed by atoms with Crippen LogP contribution in [0.5, 0.6) is 0 Å². The second-order valence-electron chi connectivity index (χ2n) is 7.78. The number of aliphatic hydroxyl groups excluding tert-OH is 1. The minimum atomic E-state index is -0.297. The third kappa shape index (κ3) is 6.38. The van der Waals surface area contributed by atoms with Gasteiger partial charge in [0.2, 0.25) is 0 Å². The maximum atomic E-state index is 13.0. The molecule has 1 aromatic carbocycles. The highest BCUT2D eigenvalue weighted by atomic mass is 16.5. The molecule has 1 heterocycles. The van der Waals surface area contributed by atoms with Crippen LogP contribution in [0.3, 0.4) is 0 Å². The number of nitrogens with zero attached hydrogens (tertiary/aromatic N) is 2. The fourth-order valence-corrected chi connectivity index (χ4v) is 3.29. The van der Waals surface area contributed by atoms with E-state index in [9.17, 15) is 9.90 Å². The van der Waals surface area contributed by atoms with Crippen molar-refractivity contribution in [1.29, 1.82) is 0 Å². The number of carbonyl (C=O) groups is 1. The average molecular weight is 363 g/mol. The highest BCUT2D eigenvalue weighted by Crippen LogP contribution is 2.14. The van der Waals surface area contributed by atoms with Gasteiger partial charge in [-0.1, -0.05) is 38.5 Å². The Kier molecular flexibility index (Phi) is 8.07. The van der Waals surface area contributed by atoms with Gasteiger partial charge in [-0.25, -0.2) is 0 Å². The lowest BCUT2D eigenvalue weighted by atomic mass is 10.1. The molecule has 1 aliphatic rings. The number of amides is 1. The third-order valence-corrected chi connectivity index (χ3v) is 4.76. The van der Waals surface area contributed by atoms with E-state index in [1.807, 2.05) is 43.0 Å². The fourth-order valence-electron chi connectivity index (χ4n) is 3.29. The van der Waals surface area contributed by atoms with Crippen LogP contribution in [0, 0.1) is 12.8 Å². The van der Waals surface area contributed by atoms with Gasteiger partial charge >= 0.3 is 0 Å². The predicted molar refractivity (Wildman–Crippen MR) is 104 cm³/mol. The number of hydrogen-bond acceptors (Lipinski definition) is 4. The number of β-amino-alcohol motifs (C(OH)–C–C–N with tert-alkyl or cyclic N) is 1. The Morgan fingerprint density at radius 1 is 1.35 bits per heavy atom. The van der Waals surface area contributed by atoms with E-state index < -0.39 is 0 Å². The van der Waals surface area contributed by atoms with E-state index in [0.717, 1.165) is 30.6 Å². The summed E-state index contributed by atoms with van der Waals surface area (Å²) in [6.45, 7) is 12.5. The SMILES string of the molecule is CC[C@H](O)CN1CCO[C@H](CN(CC(C)C)C(=O)c2ccc(C)cc2)C1. The van der Waals surface area contributed by atoms with Crippen molar-refractivity contribution in [3.63, 3.8) is 0 Å². The van der Waals surface area contributed by atoms with Gasteiger partial charge in [-0.05, 0) is 31.4 Å². The van der Waals surface area contributed by atoms with Gasteiger partial charge in [-0.15, -0.1) is 0 Å². The van der Waals surface area contributed by atoms with Crippen LogP contribution in [-0.2, 0) is 4.74 Å². The van der Waals surface area contributed by atoms with Crippen LogP contribution < -0.4 is 0 Å². The number of rotatable bonds is 8. The molecule has 1 saturated heterocycles. The van der Waals surface area contributed by atoms with Gasteiger partial charge in [0.1, 0.15) is 0 Å². The van der Waals surface area contributed by atoms with Gasteiger partial charge < -0.3 is 14.7 Å². The largest absolute Gasteiger partial charge is 0.392 e. The minimum absolute atomic E-state index is 0.0130. The Labute approximate surface area is 157 Å². The fraction of sp³-hybridized carbons (Fsp3) is 0.667. The van der Waals surface area contributed by atoms with Crippen molar-refractivity contribution in [3.05, 3.63) is 35.4 Å². The molecule has 1 aliphatic heterocycles. The summed E-state index contributed by atoms with van der Waals surface area (Å²) < 4.78 is 5.92. The van der Waals surface area contributed by atoms with E-state index in [0.29, 0.717) is 32.2 Å². The molecule has 146 valence electrons. The van der Waals surface area contributed by atoms with Crippen molar-refractivity contribution >= 4 is 5.91 Å². The number of aryl methyl sites for hydroxylation is 1. The molecule has 26 heavy (non-hydrogen) atoms. The smallest absolute Gasteiger partial charge is 0.253 e. The molecule has 1 fully saturated rings. The second-order valence-corrected chi connectivity index (χ2v) is 7.78. The number of ether oxygens (including phenoxy) is 1. The van der Waals surface area contributed by atoms with Crippen LogP contribution in [-0.4, -0.2) is 72.4 Å². The standard InChI is InChI=1S/C21H34N2O3/c1-5-19(24)13-22-10-11-26-20(14-22)15-23(12-16(2)3)21(25)18-8-6-17(4)7-9-18/h6-9,16,19-20,24H,5,10-15H2,1-4H3/t19-,20-/m0/s1. The summed E-state index contributed by atoms with van der Waals surface area (Å²) in [5.41, 5.74) is 1.88. The summed E-state index contributed by atoms with van der Waals surface area (Å²) in [4.78, 5) is 17.1. The molecule has 0 spiro atoms. The molecule has 0 radical (unpaired) electrons. The maximum Gasteiger partial charge on any atom is 0.253 e. The maximum absolute atomic E-state index is 13.0. The zero-order chi connectivity index (χ0) is 19.1. The van der Waals surface area contributed by atoms with E-state index in [1.165, 1.54) is 0 Å². The molecule has 2 atom stereocenters. The van der Waals surface area contributed by atoms with Crippen molar-refractivity contribution in [3.8, 4) is 0 Å². The lowest BCUT2D eigenvalue weighted by molar-refractivity contribution is -0.0513.